The van der Waals surface area contributed by atoms with Gasteiger partial charge in [0.05, 0.1) is 23.3 Å². The minimum absolute atomic E-state index is 0.145. The molecule has 0 radical (unpaired) electrons. The van der Waals surface area contributed by atoms with Gasteiger partial charge in [0, 0.05) is 39.2 Å². The van der Waals surface area contributed by atoms with Crippen LogP contribution in [-0.2, 0) is 5.41 Å². The lowest BCUT2D eigenvalue weighted by Crippen LogP contribution is -2.16. The molecule has 1 aliphatic carbocycles. The van der Waals surface area contributed by atoms with Crippen molar-refractivity contribution in [2.75, 3.05) is 4.90 Å². The smallest absolute Gasteiger partial charge is 0.143 e. The highest BCUT2D eigenvalue weighted by atomic mass is 16.5. The van der Waals surface area contributed by atoms with Crippen LogP contribution in [0.1, 0.15) is 48.3 Å². The predicted molar refractivity (Wildman–Crippen MR) is 263 cm³/mol. The van der Waals surface area contributed by atoms with E-state index in [-0.39, 0.29) is 22.1 Å². The van der Waals surface area contributed by atoms with E-state index in [1.807, 2.05) is 66.7 Å². The molecular formula is C61H43NO. The molecule has 0 fully saturated rings. The Hall–Kier alpha value is -7.94. The summed E-state index contributed by atoms with van der Waals surface area (Å²) in [4.78, 5) is 2.09. The van der Waals surface area contributed by atoms with Crippen LogP contribution in [0, 0.1) is 0 Å². The van der Waals surface area contributed by atoms with Crippen molar-refractivity contribution < 1.29 is 28.0 Å². The summed E-state index contributed by atoms with van der Waals surface area (Å²) in [5, 5.41) is -0.890. The van der Waals surface area contributed by atoms with Crippen LogP contribution >= 0.6 is 0 Å². The van der Waals surface area contributed by atoms with Crippen LogP contribution in [-0.4, -0.2) is 0 Å². The summed E-state index contributed by atoms with van der Waals surface area (Å²) in [7, 11) is 0. The van der Waals surface area contributed by atoms with Gasteiger partial charge in [0.2, 0.25) is 0 Å². The first-order valence-electron chi connectivity index (χ1n) is 28.9. The van der Waals surface area contributed by atoms with E-state index in [4.69, 9.17) is 17.1 Å². The molecule has 0 amide bonds. The second kappa shape index (κ2) is 14.6. The molecular weight excluding hydrogens is 763 g/mol. The van der Waals surface area contributed by atoms with Crippen molar-refractivity contribution in [3.8, 4) is 78.3 Å². The van der Waals surface area contributed by atoms with Crippen LogP contribution in [0.15, 0.2) is 224 Å². The van der Waals surface area contributed by atoms with E-state index < -0.39 is 153 Å². The number of para-hydroxylation sites is 1. The second-order valence-electron chi connectivity index (χ2n) is 16.0. The van der Waals surface area contributed by atoms with E-state index >= 15 is 0 Å². The Labute approximate surface area is 392 Å². The average Bonchev–Trinajstić information content (AvgIpc) is 2.36. The van der Waals surface area contributed by atoms with Crippen LogP contribution in [0.2, 0.25) is 0 Å². The van der Waals surface area contributed by atoms with Gasteiger partial charge in [-0.3, -0.25) is 0 Å². The van der Waals surface area contributed by atoms with Crippen molar-refractivity contribution in [2.24, 2.45) is 0 Å². The SMILES string of the molecule is [2H]c1c([2H])c([2H])c(-c2c([2H])c([2H])c3c(c2[2H])Oc2c(-c4ccc(N(c5ccc(-c6ccccc6)cc5)c5ccc6c(c5)C(C)(C)c5ccccc5-6)cc4)c([2H])c([2H])c([2H])c2-c2c-3c([2H])c3c([2H])c([2H])c([2H])c([2H])c3c2[2H])c([2H])c1[2H]. The Kier molecular flexibility index (Phi) is 5.41. The molecule has 2 heteroatoms. The van der Waals surface area contributed by atoms with E-state index in [2.05, 4.69) is 49.1 Å². The maximum Gasteiger partial charge on any atom is 0.143 e. The molecule has 63 heavy (non-hydrogen) atoms. The Bertz CT molecular complexity index is 4340. The molecule has 0 saturated carbocycles. The van der Waals surface area contributed by atoms with Gasteiger partial charge < -0.3 is 9.64 Å². The Balaban J connectivity index is 1.12. The molecule has 298 valence electrons. The molecule has 0 aromatic heterocycles. The van der Waals surface area contributed by atoms with Crippen molar-refractivity contribution in [3.63, 3.8) is 0 Å². The first-order valence-corrected chi connectivity index (χ1v) is 20.4. The predicted octanol–water partition coefficient (Wildman–Crippen LogP) is 17.1. The average molecular weight is 823 g/mol. The molecule has 1 aliphatic heterocycles. The highest BCUT2D eigenvalue weighted by Crippen LogP contribution is 2.53. The van der Waals surface area contributed by atoms with E-state index in [1.54, 1.807) is 24.3 Å². The summed E-state index contributed by atoms with van der Waals surface area (Å²) < 4.78 is 162. The molecule has 0 spiro atoms. The van der Waals surface area contributed by atoms with Gasteiger partial charge in [-0.2, -0.15) is 0 Å². The van der Waals surface area contributed by atoms with Crippen LogP contribution in [0.4, 0.5) is 17.1 Å². The van der Waals surface area contributed by atoms with Gasteiger partial charge in [-0.1, -0.05) is 177 Å². The minimum atomic E-state index is -0.839. The summed E-state index contributed by atoms with van der Waals surface area (Å²) in [6, 6.07) is 27.3. The summed E-state index contributed by atoms with van der Waals surface area (Å²) in [6.07, 6.45) is 0. The third-order valence-electron chi connectivity index (χ3n) is 12.0. The van der Waals surface area contributed by atoms with Gasteiger partial charge in [-0.15, -0.1) is 0 Å². The number of hydrogen-bond donors (Lipinski definition) is 0. The Morgan fingerprint density at radius 2 is 1.00 bits per heavy atom. The van der Waals surface area contributed by atoms with Gasteiger partial charge in [-0.05, 0) is 133 Å². The molecule has 10 aromatic rings. The minimum Gasteiger partial charge on any atom is -0.455 e. The van der Waals surface area contributed by atoms with Crippen molar-refractivity contribution in [2.45, 2.75) is 19.3 Å². The van der Waals surface area contributed by atoms with E-state index in [1.165, 1.54) is 5.56 Å². The molecule has 0 bridgehead atoms. The molecule has 12 rings (SSSR count). The quantitative estimate of drug-likeness (QED) is 0.166. The van der Waals surface area contributed by atoms with Gasteiger partial charge in [0.25, 0.3) is 0 Å². The zero-order chi connectivity index (χ0) is 56.9. The monoisotopic (exact) mass is 822 g/mol. The van der Waals surface area contributed by atoms with Crippen LogP contribution in [0.3, 0.4) is 0 Å². The van der Waals surface area contributed by atoms with Crippen molar-refractivity contribution in [1.29, 1.82) is 0 Å². The second-order valence-corrected chi connectivity index (χ2v) is 16.0. The molecule has 0 atom stereocenters. The molecule has 0 unspecified atom stereocenters. The number of nitrogens with zero attached hydrogens (tertiary/aromatic N) is 1. The van der Waals surface area contributed by atoms with Gasteiger partial charge >= 0.3 is 0 Å². The van der Waals surface area contributed by atoms with Crippen LogP contribution in [0.25, 0.3) is 77.5 Å². The largest absolute Gasteiger partial charge is 0.455 e. The lowest BCUT2D eigenvalue weighted by Gasteiger charge is -2.28. The molecule has 0 N–H and O–H groups in total. The number of rotatable bonds is 6. The van der Waals surface area contributed by atoms with Crippen molar-refractivity contribution in [1.82, 2.24) is 0 Å². The van der Waals surface area contributed by atoms with Crippen LogP contribution in [0.5, 0.6) is 11.5 Å². The van der Waals surface area contributed by atoms with Crippen molar-refractivity contribution >= 4 is 27.8 Å². The first kappa shape index (κ1) is 23.3. The summed E-state index contributed by atoms with van der Waals surface area (Å²) >= 11 is 0. The number of benzene rings is 10. The fourth-order valence-corrected chi connectivity index (χ4v) is 8.86. The number of ether oxygens (including phenoxy) is 1. The lowest BCUT2D eigenvalue weighted by atomic mass is 9.82. The van der Waals surface area contributed by atoms with E-state index in [0.29, 0.717) is 5.69 Å². The number of hydrogen-bond acceptors (Lipinski definition) is 2. The standard InChI is InChI=1S/C61H43NO/c1-61(2)57-23-12-11-20-51(57)52-35-33-49(39-58(52)61)62(47-29-24-42(25-30-47)40-14-5-3-6-15-40)48-31-26-43(27-32-48)50-21-13-22-54-56-37-45-19-10-9-18-44(45)36-55(56)53-34-28-46(38-59(53)63-60(50)54)41-16-7-4-8-17-41/h3-39H,1-2H3/i4D,7D,8D,9D,10D,13D,16D,17D,18D,19D,21D,22D,28D,34D,36D,37D,38D. The molecule has 2 nitrogen and oxygen atoms in total. The normalized spacial score (nSPS) is 16.6. The van der Waals surface area contributed by atoms with Gasteiger partial charge in [-0.25, -0.2) is 0 Å². The van der Waals surface area contributed by atoms with Crippen molar-refractivity contribution in [3.05, 3.63) is 235 Å². The van der Waals surface area contributed by atoms with Gasteiger partial charge in [0.15, 0.2) is 0 Å². The molecule has 1 heterocycles. The maximum absolute atomic E-state index is 9.82. The molecule has 2 aliphatic rings. The lowest BCUT2D eigenvalue weighted by molar-refractivity contribution is 0.490. The number of fused-ring (bicyclic) bond motifs is 9. The highest BCUT2D eigenvalue weighted by Gasteiger charge is 2.36. The first-order chi connectivity index (χ1) is 38.1. The number of anilines is 3. The zero-order valence-electron chi connectivity index (χ0n) is 50.9. The molecule has 10 aromatic carbocycles. The third kappa shape index (κ3) is 6.17. The fraction of sp³-hybridized carbons (Fsp3) is 0.0492. The Morgan fingerprint density at radius 1 is 0.397 bits per heavy atom. The van der Waals surface area contributed by atoms with Gasteiger partial charge in [0.1, 0.15) is 11.5 Å². The molecule has 0 saturated heterocycles. The summed E-state index contributed by atoms with van der Waals surface area (Å²) in [5.41, 5.74) is 5.71. The van der Waals surface area contributed by atoms with Crippen LogP contribution < -0.4 is 9.64 Å². The van der Waals surface area contributed by atoms with E-state index in [0.717, 1.165) is 39.2 Å². The summed E-state index contributed by atoms with van der Waals surface area (Å²) in [6.45, 7) is 4.40. The highest BCUT2D eigenvalue weighted by molar-refractivity contribution is 6.01. The van der Waals surface area contributed by atoms with E-state index in [9.17, 15) is 11.0 Å². The zero-order valence-corrected chi connectivity index (χ0v) is 33.9. The third-order valence-corrected chi connectivity index (χ3v) is 12.0. The fourth-order valence-electron chi connectivity index (χ4n) is 8.86. The maximum atomic E-state index is 9.82. The Morgan fingerprint density at radius 3 is 1.75 bits per heavy atom. The summed E-state index contributed by atoms with van der Waals surface area (Å²) in [5.74, 6) is -1.05. The topological polar surface area (TPSA) is 12.5 Å².